The number of piperidine rings is 1. The Balaban J connectivity index is 2.41. The van der Waals surface area contributed by atoms with Crippen molar-refractivity contribution in [2.45, 2.75) is 32.8 Å². The SMILES string of the molecule is CN1CCC(C#N)C(CNC(=O)OC(C)(C)C)C1. The third-order valence-electron chi connectivity index (χ3n) is 3.01. The first-order valence-electron chi connectivity index (χ1n) is 6.37. The summed E-state index contributed by atoms with van der Waals surface area (Å²) in [5.74, 6) is 0.206. The van der Waals surface area contributed by atoms with Crippen molar-refractivity contribution in [1.82, 2.24) is 10.2 Å². The number of amides is 1. The van der Waals surface area contributed by atoms with E-state index < -0.39 is 11.7 Å². The minimum Gasteiger partial charge on any atom is -0.444 e. The molecule has 0 aromatic rings. The van der Waals surface area contributed by atoms with Crippen LogP contribution in [0.15, 0.2) is 0 Å². The van der Waals surface area contributed by atoms with Gasteiger partial charge in [0.2, 0.25) is 0 Å². The summed E-state index contributed by atoms with van der Waals surface area (Å²) in [7, 11) is 2.04. The lowest BCUT2D eigenvalue weighted by Gasteiger charge is -2.33. The molecule has 1 heterocycles. The van der Waals surface area contributed by atoms with Crippen molar-refractivity contribution in [3.05, 3.63) is 0 Å². The monoisotopic (exact) mass is 253 g/mol. The largest absolute Gasteiger partial charge is 0.444 e. The van der Waals surface area contributed by atoms with E-state index in [0.717, 1.165) is 19.5 Å². The Morgan fingerprint density at radius 1 is 1.56 bits per heavy atom. The summed E-state index contributed by atoms with van der Waals surface area (Å²) in [4.78, 5) is 13.7. The van der Waals surface area contributed by atoms with Gasteiger partial charge < -0.3 is 15.0 Å². The predicted octanol–water partition coefficient (Wildman–Crippen LogP) is 1.60. The normalized spacial score (nSPS) is 25.3. The van der Waals surface area contributed by atoms with Crippen molar-refractivity contribution in [2.75, 3.05) is 26.7 Å². The summed E-state index contributed by atoms with van der Waals surface area (Å²) in [6, 6.07) is 2.33. The summed E-state index contributed by atoms with van der Waals surface area (Å²) in [6.07, 6.45) is 0.459. The van der Waals surface area contributed by atoms with Crippen molar-refractivity contribution >= 4 is 6.09 Å². The first-order valence-corrected chi connectivity index (χ1v) is 6.37. The van der Waals surface area contributed by atoms with Gasteiger partial charge in [0, 0.05) is 19.0 Å². The Kier molecular flexibility index (Phi) is 4.97. The minimum atomic E-state index is -0.484. The Hall–Kier alpha value is -1.28. The zero-order valence-electron chi connectivity index (χ0n) is 11.7. The van der Waals surface area contributed by atoms with Crippen molar-refractivity contribution in [3.63, 3.8) is 0 Å². The van der Waals surface area contributed by atoms with E-state index in [9.17, 15) is 4.79 Å². The molecular formula is C13H23N3O2. The van der Waals surface area contributed by atoms with E-state index >= 15 is 0 Å². The highest BCUT2D eigenvalue weighted by atomic mass is 16.6. The molecule has 0 radical (unpaired) electrons. The average Bonchev–Trinajstić information content (AvgIpc) is 2.24. The molecule has 1 fully saturated rings. The number of likely N-dealkylation sites (tertiary alicyclic amines) is 1. The fraction of sp³-hybridized carbons (Fsp3) is 0.846. The molecule has 5 heteroatoms. The van der Waals surface area contributed by atoms with Crippen LogP contribution in [0.1, 0.15) is 27.2 Å². The van der Waals surface area contributed by atoms with Gasteiger partial charge in [-0.2, -0.15) is 5.26 Å². The van der Waals surface area contributed by atoms with Crippen LogP contribution in [-0.4, -0.2) is 43.3 Å². The molecule has 0 saturated carbocycles. The molecule has 1 saturated heterocycles. The highest BCUT2D eigenvalue weighted by Crippen LogP contribution is 2.21. The zero-order valence-corrected chi connectivity index (χ0v) is 11.7. The molecule has 0 aliphatic carbocycles. The van der Waals surface area contributed by atoms with E-state index in [1.165, 1.54) is 0 Å². The average molecular weight is 253 g/mol. The van der Waals surface area contributed by atoms with Gasteiger partial charge in [-0.05, 0) is 40.8 Å². The van der Waals surface area contributed by atoms with Gasteiger partial charge in [-0.25, -0.2) is 4.79 Å². The molecule has 1 aliphatic heterocycles. The third-order valence-corrected chi connectivity index (χ3v) is 3.01. The molecule has 0 aromatic heterocycles. The van der Waals surface area contributed by atoms with Gasteiger partial charge in [0.05, 0.1) is 12.0 Å². The standard InChI is InChI=1S/C13H23N3O2/c1-13(2,3)18-12(17)15-8-11-9-16(4)6-5-10(11)7-14/h10-11H,5-6,8-9H2,1-4H3,(H,15,17). The highest BCUT2D eigenvalue weighted by molar-refractivity contribution is 5.67. The highest BCUT2D eigenvalue weighted by Gasteiger charge is 2.28. The van der Waals surface area contributed by atoms with Gasteiger partial charge in [-0.3, -0.25) is 0 Å². The summed E-state index contributed by atoms with van der Waals surface area (Å²) in [6.45, 7) is 7.78. The first kappa shape index (κ1) is 14.8. The molecule has 0 aromatic carbocycles. The molecule has 1 N–H and O–H groups in total. The van der Waals surface area contributed by atoms with E-state index in [1.54, 1.807) is 0 Å². The Morgan fingerprint density at radius 2 is 2.22 bits per heavy atom. The molecular weight excluding hydrogens is 230 g/mol. The maximum atomic E-state index is 11.5. The van der Waals surface area contributed by atoms with Gasteiger partial charge in [0.25, 0.3) is 0 Å². The second kappa shape index (κ2) is 6.05. The van der Waals surface area contributed by atoms with Crippen LogP contribution in [0.25, 0.3) is 0 Å². The maximum Gasteiger partial charge on any atom is 0.407 e. The molecule has 2 atom stereocenters. The van der Waals surface area contributed by atoms with E-state index in [2.05, 4.69) is 16.3 Å². The van der Waals surface area contributed by atoms with Crippen molar-refractivity contribution in [2.24, 2.45) is 11.8 Å². The van der Waals surface area contributed by atoms with Crippen molar-refractivity contribution < 1.29 is 9.53 Å². The van der Waals surface area contributed by atoms with E-state index in [4.69, 9.17) is 10.00 Å². The van der Waals surface area contributed by atoms with Gasteiger partial charge >= 0.3 is 6.09 Å². The van der Waals surface area contributed by atoms with Crippen LogP contribution >= 0.6 is 0 Å². The van der Waals surface area contributed by atoms with Crippen LogP contribution in [0.2, 0.25) is 0 Å². The summed E-state index contributed by atoms with van der Waals surface area (Å²) in [5, 5.41) is 11.8. The molecule has 0 spiro atoms. The van der Waals surface area contributed by atoms with Crippen LogP contribution in [0.3, 0.4) is 0 Å². The summed E-state index contributed by atoms with van der Waals surface area (Å²) < 4.78 is 5.18. The maximum absolute atomic E-state index is 11.5. The van der Waals surface area contributed by atoms with E-state index in [0.29, 0.717) is 6.54 Å². The van der Waals surface area contributed by atoms with Gasteiger partial charge in [-0.1, -0.05) is 0 Å². The zero-order chi connectivity index (χ0) is 13.8. The molecule has 0 bridgehead atoms. The molecule has 102 valence electrons. The Morgan fingerprint density at radius 3 is 2.78 bits per heavy atom. The number of alkyl carbamates (subject to hydrolysis) is 1. The second-order valence-corrected chi connectivity index (χ2v) is 5.93. The lowest BCUT2D eigenvalue weighted by atomic mass is 9.87. The molecule has 18 heavy (non-hydrogen) atoms. The van der Waals surface area contributed by atoms with Crippen molar-refractivity contribution in [3.8, 4) is 6.07 Å². The van der Waals surface area contributed by atoms with Crippen LogP contribution in [0.4, 0.5) is 4.79 Å². The van der Waals surface area contributed by atoms with E-state index in [-0.39, 0.29) is 11.8 Å². The molecule has 1 rings (SSSR count). The van der Waals surface area contributed by atoms with Crippen LogP contribution in [0, 0.1) is 23.2 Å². The number of nitrogens with zero attached hydrogens (tertiary/aromatic N) is 2. The smallest absolute Gasteiger partial charge is 0.407 e. The number of carbonyl (C=O) groups excluding carboxylic acids is 1. The van der Waals surface area contributed by atoms with Crippen molar-refractivity contribution in [1.29, 1.82) is 5.26 Å². The molecule has 5 nitrogen and oxygen atoms in total. The Labute approximate surface area is 109 Å². The lowest BCUT2D eigenvalue weighted by Crippen LogP contribution is -2.44. The number of ether oxygens (including phenoxy) is 1. The van der Waals surface area contributed by atoms with Gasteiger partial charge in [0.1, 0.15) is 5.60 Å². The number of hydrogen-bond acceptors (Lipinski definition) is 4. The van der Waals surface area contributed by atoms with Gasteiger partial charge in [-0.15, -0.1) is 0 Å². The van der Waals surface area contributed by atoms with Crippen LogP contribution < -0.4 is 5.32 Å². The quantitative estimate of drug-likeness (QED) is 0.812. The van der Waals surface area contributed by atoms with Gasteiger partial charge in [0.15, 0.2) is 0 Å². The van der Waals surface area contributed by atoms with Crippen LogP contribution in [0.5, 0.6) is 0 Å². The van der Waals surface area contributed by atoms with Crippen LogP contribution in [-0.2, 0) is 4.74 Å². The topological polar surface area (TPSA) is 65.4 Å². The Bertz CT molecular complexity index is 330. The predicted molar refractivity (Wildman–Crippen MR) is 68.9 cm³/mol. The number of carbonyl (C=O) groups is 1. The first-order chi connectivity index (χ1) is 8.31. The number of hydrogen-bond donors (Lipinski definition) is 1. The summed E-state index contributed by atoms with van der Waals surface area (Å²) in [5.41, 5.74) is -0.484. The van der Waals surface area contributed by atoms with E-state index in [1.807, 2.05) is 27.8 Å². The fourth-order valence-corrected chi connectivity index (χ4v) is 2.12. The lowest BCUT2D eigenvalue weighted by molar-refractivity contribution is 0.0502. The third kappa shape index (κ3) is 4.92. The second-order valence-electron chi connectivity index (χ2n) is 5.93. The number of nitriles is 1. The number of rotatable bonds is 2. The summed E-state index contributed by atoms with van der Waals surface area (Å²) >= 11 is 0. The minimum absolute atomic E-state index is 0.0242. The number of nitrogens with one attached hydrogen (secondary N) is 1. The molecule has 1 amide bonds. The molecule has 2 unspecified atom stereocenters. The molecule has 1 aliphatic rings. The fourth-order valence-electron chi connectivity index (χ4n) is 2.12.